The highest BCUT2D eigenvalue weighted by Gasteiger charge is 2.29. The Morgan fingerprint density at radius 2 is 2.06 bits per heavy atom. The zero-order valence-electron chi connectivity index (χ0n) is 17.7. The van der Waals surface area contributed by atoms with Crippen LogP contribution in [0.5, 0.6) is 0 Å². The number of rotatable bonds is 5. The van der Waals surface area contributed by atoms with E-state index in [2.05, 4.69) is 21.5 Å². The predicted octanol–water partition coefficient (Wildman–Crippen LogP) is 3.98. The maximum Gasteiger partial charge on any atom is 0.253 e. The standard InChI is InChI=1S/C24H23N5O3/c1-2-21(30)26-20-7-3-5-18(13-20)22-27-23(32-28-22)19-6-4-12-29(15-19)24(31)17-10-8-16(14-25)9-11-17/h3,5,7-11,13,19H,2,4,6,12,15H2,1H3,(H,26,30)/t19-/m1/s1. The van der Waals surface area contributed by atoms with Crippen molar-refractivity contribution in [2.75, 3.05) is 18.4 Å². The Bertz CT molecular complexity index is 1160. The van der Waals surface area contributed by atoms with Crippen molar-refractivity contribution in [3.8, 4) is 17.5 Å². The summed E-state index contributed by atoms with van der Waals surface area (Å²) in [7, 11) is 0. The van der Waals surface area contributed by atoms with Gasteiger partial charge in [-0.2, -0.15) is 10.2 Å². The molecular formula is C24H23N5O3. The summed E-state index contributed by atoms with van der Waals surface area (Å²) < 4.78 is 5.54. The Kier molecular flexibility index (Phi) is 6.26. The van der Waals surface area contributed by atoms with Crippen LogP contribution in [0, 0.1) is 11.3 Å². The van der Waals surface area contributed by atoms with Crippen LogP contribution in [0.1, 0.15) is 53.9 Å². The second kappa shape index (κ2) is 9.43. The number of nitrogens with zero attached hydrogens (tertiary/aromatic N) is 4. The van der Waals surface area contributed by atoms with Crippen molar-refractivity contribution in [2.45, 2.75) is 32.1 Å². The van der Waals surface area contributed by atoms with Crippen molar-refractivity contribution in [2.24, 2.45) is 0 Å². The van der Waals surface area contributed by atoms with Crippen LogP contribution in [0.25, 0.3) is 11.4 Å². The third kappa shape index (κ3) is 4.67. The number of amides is 2. The molecular weight excluding hydrogens is 406 g/mol. The lowest BCUT2D eigenvalue weighted by molar-refractivity contribution is -0.115. The fourth-order valence-electron chi connectivity index (χ4n) is 3.74. The summed E-state index contributed by atoms with van der Waals surface area (Å²) in [5.41, 5.74) is 2.50. The molecule has 0 radical (unpaired) electrons. The summed E-state index contributed by atoms with van der Waals surface area (Å²) in [6.45, 7) is 2.95. The molecule has 2 amide bonds. The van der Waals surface area contributed by atoms with E-state index in [1.165, 1.54) is 0 Å². The first-order chi connectivity index (χ1) is 15.6. The van der Waals surface area contributed by atoms with Crippen LogP contribution >= 0.6 is 0 Å². The minimum atomic E-state index is -0.0710. The number of likely N-dealkylation sites (tertiary alicyclic amines) is 1. The maximum atomic E-state index is 12.9. The van der Waals surface area contributed by atoms with Crippen LogP contribution in [0.3, 0.4) is 0 Å². The first kappa shape index (κ1) is 21.2. The van der Waals surface area contributed by atoms with E-state index in [0.29, 0.717) is 48.0 Å². The molecule has 4 rings (SSSR count). The summed E-state index contributed by atoms with van der Waals surface area (Å²) in [5.74, 6) is 0.766. The molecule has 8 nitrogen and oxygen atoms in total. The number of piperidine rings is 1. The molecule has 0 bridgehead atoms. The zero-order chi connectivity index (χ0) is 22.5. The van der Waals surface area contributed by atoms with E-state index in [1.807, 2.05) is 24.3 Å². The molecule has 8 heteroatoms. The molecule has 1 fully saturated rings. The highest BCUT2D eigenvalue weighted by molar-refractivity contribution is 5.94. The third-order valence-electron chi connectivity index (χ3n) is 5.49. The quantitative estimate of drug-likeness (QED) is 0.657. The summed E-state index contributed by atoms with van der Waals surface area (Å²) in [5, 5.41) is 15.9. The normalized spacial score (nSPS) is 15.8. The fourth-order valence-corrected chi connectivity index (χ4v) is 3.74. The van der Waals surface area contributed by atoms with Gasteiger partial charge in [0.05, 0.1) is 17.6 Å². The molecule has 1 aliphatic rings. The Morgan fingerprint density at radius 1 is 1.25 bits per heavy atom. The second-order valence-electron chi connectivity index (χ2n) is 7.72. The molecule has 1 aromatic heterocycles. The van der Waals surface area contributed by atoms with Crippen molar-refractivity contribution < 1.29 is 14.1 Å². The summed E-state index contributed by atoms with van der Waals surface area (Å²) >= 11 is 0. The predicted molar refractivity (Wildman–Crippen MR) is 118 cm³/mol. The van der Waals surface area contributed by atoms with Gasteiger partial charge in [0.1, 0.15) is 0 Å². The SMILES string of the molecule is CCC(=O)Nc1cccc(-c2noc([C@@H]3CCCN(C(=O)c4ccc(C#N)cc4)C3)n2)c1. The molecule has 32 heavy (non-hydrogen) atoms. The molecule has 1 N–H and O–H groups in total. The number of carbonyl (C=O) groups excluding carboxylic acids is 2. The van der Waals surface area contributed by atoms with Gasteiger partial charge >= 0.3 is 0 Å². The van der Waals surface area contributed by atoms with Gasteiger partial charge in [-0.1, -0.05) is 24.2 Å². The van der Waals surface area contributed by atoms with E-state index < -0.39 is 0 Å². The van der Waals surface area contributed by atoms with E-state index in [0.717, 1.165) is 18.4 Å². The highest BCUT2D eigenvalue weighted by atomic mass is 16.5. The number of benzene rings is 2. The monoisotopic (exact) mass is 429 g/mol. The fraction of sp³-hybridized carbons (Fsp3) is 0.292. The molecule has 2 aromatic carbocycles. The van der Waals surface area contributed by atoms with Gasteiger partial charge in [-0.25, -0.2) is 0 Å². The Labute approximate surface area is 185 Å². The van der Waals surface area contributed by atoms with Gasteiger partial charge in [-0.15, -0.1) is 0 Å². The molecule has 1 saturated heterocycles. The minimum absolute atomic E-state index is 0.0460. The van der Waals surface area contributed by atoms with Gasteiger partial charge in [0.15, 0.2) is 0 Å². The molecule has 0 unspecified atom stereocenters. The number of hydrogen-bond acceptors (Lipinski definition) is 6. The first-order valence-corrected chi connectivity index (χ1v) is 10.6. The highest BCUT2D eigenvalue weighted by Crippen LogP contribution is 2.29. The lowest BCUT2D eigenvalue weighted by Crippen LogP contribution is -2.39. The summed E-state index contributed by atoms with van der Waals surface area (Å²) in [4.78, 5) is 30.9. The van der Waals surface area contributed by atoms with Crippen molar-refractivity contribution in [3.63, 3.8) is 0 Å². The zero-order valence-corrected chi connectivity index (χ0v) is 17.7. The lowest BCUT2D eigenvalue weighted by atomic mass is 9.97. The molecule has 2 heterocycles. The number of hydrogen-bond donors (Lipinski definition) is 1. The van der Waals surface area contributed by atoms with Crippen LogP contribution in [0.15, 0.2) is 53.1 Å². The Hall–Kier alpha value is -3.99. The number of anilines is 1. The molecule has 1 atom stereocenters. The van der Waals surface area contributed by atoms with Gasteiger partial charge in [0.25, 0.3) is 5.91 Å². The van der Waals surface area contributed by atoms with Gasteiger partial charge < -0.3 is 14.7 Å². The Morgan fingerprint density at radius 3 is 2.81 bits per heavy atom. The summed E-state index contributed by atoms with van der Waals surface area (Å²) in [6, 6.07) is 16.0. The van der Waals surface area contributed by atoms with Gasteiger partial charge in [0, 0.05) is 36.3 Å². The van der Waals surface area contributed by atoms with Gasteiger partial charge in [-0.3, -0.25) is 9.59 Å². The van der Waals surface area contributed by atoms with Crippen LogP contribution in [-0.4, -0.2) is 39.9 Å². The topological polar surface area (TPSA) is 112 Å². The van der Waals surface area contributed by atoms with Gasteiger partial charge in [0.2, 0.25) is 17.6 Å². The van der Waals surface area contributed by atoms with E-state index in [9.17, 15) is 9.59 Å². The minimum Gasteiger partial charge on any atom is -0.339 e. The number of nitrogens with one attached hydrogen (secondary N) is 1. The van der Waals surface area contributed by atoms with E-state index in [-0.39, 0.29) is 17.7 Å². The number of nitriles is 1. The maximum absolute atomic E-state index is 12.9. The van der Waals surface area contributed by atoms with Crippen molar-refractivity contribution in [1.82, 2.24) is 15.0 Å². The van der Waals surface area contributed by atoms with Crippen LogP contribution in [-0.2, 0) is 4.79 Å². The summed E-state index contributed by atoms with van der Waals surface area (Å²) in [6.07, 6.45) is 2.09. The molecule has 0 spiro atoms. The number of aromatic nitrogens is 2. The number of carbonyl (C=O) groups is 2. The van der Waals surface area contributed by atoms with Crippen LogP contribution < -0.4 is 5.32 Å². The smallest absolute Gasteiger partial charge is 0.253 e. The first-order valence-electron chi connectivity index (χ1n) is 10.6. The molecule has 162 valence electrons. The lowest BCUT2D eigenvalue weighted by Gasteiger charge is -2.31. The molecule has 3 aromatic rings. The third-order valence-corrected chi connectivity index (χ3v) is 5.49. The largest absolute Gasteiger partial charge is 0.339 e. The van der Waals surface area contributed by atoms with Gasteiger partial charge in [-0.05, 0) is 49.2 Å². The molecule has 0 saturated carbocycles. The van der Waals surface area contributed by atoms with Crippen molar-refractivity contribution in [1.29, 1.82) is 5.26 Å². The molecule has 1 aliphatic heterocycles. The Balaban J connectivity index is 1.47. The van der Waals surface area contributed by atoms with E-state index in [1.54, 1.807) is 36.1 Å². The van der Waals surface area contributed by atoms with Crippen molar-refractivity contribution >= 4 is 17.5 Å². The van der Waals surface area contributed by atoms with E-state index in [4.69, 9.17) is 9.78 Å². The van der Waals surface area contributed by atoms with Crippen LogP contribution in [0.4, 0.5) is 5.69 Å². The van der Waals surface area contributed by atoms with Crippen molar-refractivity contribution in [3.05, 3.63) is 65.5 Å². The average Bonchev–Trinajstić information content (AvgIpc) is 3.34. The average molecular weight is 429 g/mol. The molecule has 0 aliphatic carbocycles. The van der Waals surface area contributed by atoms with E-state index >= 15 is 0 Å². The second-order valence-corrected chi connectivity index (χ2v) is 7.72. The van der Waals surface area contributed by atoms with Crippen LogP contribution in [0.2, 0.25) is 0 Å².